The van der Waals surface area contributed by atoms with Gasteiger partial charge in [-0.1, -0.05) is 31.5 Å². The average Bonchev–Trinajstić information content (AvgIpc) is 2.61. The minimum Gasteiger partial charge on any atom is -0.267 e. The van der Waals surface area contributed by atoms with Gasteiger partial charge in [-0.2, -0.15) is 10.2 Å². The van der Waals surface area contributed by atoms with Crippen LogP contribution in [-0.4, -0.2) is 21.4 Å². The average molecular weight is 326 g/mol. The number of carbonyl (C=O) groups is 1. The lowest BCUT2D eigenvalue weighted by molar-refractivity contribution is 0.0949. The summed E-state index contributed by atoms with van der Waals surface area (Å²) in [5.41, 5.74) is 3.72. The topological polar surface area (TPSA) is 76.3 Å². The number of nitrogens with zero attached hydrogens (tertiary/aromatic N) is 3. The molecule has 3 rings (SSSR count). The first-order valence-corrected chi connectivity index (χ1v) is 8.48. The van der Waals surface area contributed by atoms with Gasteiger partial charge in [0.2, 0.25) is 0 Å². The Balaban J connectivity index is 1.96. The number of carbonyl (C=O) groups excluding carboxylic acids is 1. The molecule has 1 amide bonds. The molecule has 6 nitrogen and oxygen atoms in total. The SMILES string of the molecule is CCn1nc(C(=O)N/N=C2\CCCCC2C)c2ccccc2c1=O. The van der Waals surface area contributed by atoms with Crippen molar-refractivity contribution in [2.24, 2.45) is 11.0 Å². The Bertz CT molecular complexity index is 854. The van der Waals surface area contributed by atoms with E-state index < -0.39 is 0 Å². The molecular weight excluding hydrogens is 304 g/mol. The number of amides is 1. The molecule has 0 bridgehead atoms. The van der Waals surface area contributed by atoms with E-state index in [1.54, 1.807) is 24.3 Å². The standard InChI is InChI=1S/C18H22N4O2/c1-3-22-18(24)14-10-6-5-9-13(14)16(21-22)17(23)20-19-15-11-7-4-8-12(15)2/h5-6,9-10,12H,3-4,7-8,11H2,1-2H3,(H,20,23)/b19-15+. The fraction of sp³-hybridized carbons (Fsp3) is 0.444. The van der Waals surface area contributed by atoms with Gasteiger partial charge in [-0.05, 0) is 38.2 Å². The van der Waals surface area contributed by atoms with Crippen LogP contribution in [0.1, 0.15) is 50.0 Å². The lowest BCUT2D eigenvalue weighted by Crippen LogP contribution is -2.29. The van der Waals surface area contributed by atoms with E-state index in [4.69, 9.17) is 0 Å². The first-order valence-electron chi connectivity index (χ1n) is 8.48. The minimum absolute atomic E-state index is 0.183. The maximum absolute atomic E-state index is 12.6. The number of aromatic nitrogens is 2. The van der Waals surface area contributed by atoms with Crippen molar-refractivity contribution in [1.82, 2.24) is 15.2 Å². The lowest BCUT2D eigenvalue weighted by Gasteiger charge is -2.19. The summed E-state index contributed by atoms with van der Waals surface area (Å²) in [7, 11) is 0. The molecule has 0 spiro atoms. The van der Waals surface area contributed by atoms with Crippen molar-refractivity contribution in [1.29, 1.82) is 0 Å². The second-order valence-corrected chi connectivity index (χ2v) is 6.21. The highest BCUT2D eigenvalue weighted by molar-refractivity contribution is 6.05. The van der Waals surface area contributed by atoms with Crippen LogP contribution >= 0.6 is 0 Å². The Morgan fingerprint density at radius 2 is 2.08 bits per heavy atom. The van der Waals surface area contributed by atoms with E-state index in [1.165, 1.54) is 11.1 Å². The molecule has 1 aromatic heterocycles. The molecule has 1 atom stereocenters. The van der Waals surface area contributed by atoms with Crippen molar-refractivity contribution < 1.29 is 4.79 Å². The Morgan fingerprint density at radius 3 is 2.79 bits per heavy atom. The van der Waals surface area contributed by atoms with Crippen molar-refractivity contribution in [2.75, 3.05) is 0 Å². The van der Waals surface area contributed by atoms with Gasteiger partial charge in [-0.25, -0.2) is 10.1 Å². The van der Waals surface area contributed by atoms with Gasteiger partial charge in [0, 0.05) is 17.6 Å². The molecule has 0 radical (unpaired) electrons. The number of nitrogens with one attached hydrogen (secondary N) is 1. The zero-order valence-electron chi connectivity index (χ0n) is 14.1. The maximum atomic E-state index is 12.6. The van der Waals surface area contributed by atoms with E-state index in [2.05, 4.69) is 22.5 Å². The summed E-state index contributed by atoms with van der Waals surface area (Å²) < 4.78 is 1.31. The highest BCUT2D eigenvalue weighted by Gasteiger charge is 2.18. The quantitative estimate of drug-likeness (QED) is 0.881. The summed E-state index contributed by atoms with van der Waals surface area (Å²) in [6, 6.07) is 7.05. The van der Waals surface area contributed by atoms with Gasteiger partial charge in [0.25, 0.3) is 11.5 Å². The van der Waals surface area contributed by atoms with Gasteiger partial charge < -0.3 is 0 Å². The summed E-state index contributed by atoms with van der Waals surface area (Å²) in [5, 5.41) is 9.59. The third-order valence-electron chi connectivity index (χ3n) is 4.57. The predicted molar refractivity (Wildman–Crippen MR) is 94.2 cm³/mol. The van der Waals surface area contributed by atoms with Crippen LogP contribution in [0.25, 0.3) is 10.8 Å². The Labute approximate surface area is 140 Å². The molecule has 0 saturated heterocycles. The van der Waals surface area contributed by atoms with Crippen molar-refractivity contribution in [3.63, 3.8) is 0 Å². The monoisotopic (exact) mass is 326 g/mol. The molecule has 1 aliphatic rings. The molecule has 126 valence electrons. The predicted octanol–water partition coefficient (Wildman–Crippen LogP) is 2.71. The summed E-state index contributed by atoms with van der Waals surface area (Å²) >= 11 is 0. The van der Waals surface area contributed by atoms with Gasteiger partial charge in [-0.15, -0.1) is 0 Å². The molecule has 2 aromatic rings. The van der Waals surface area contributed by atoms with Crippen molar-refractivity contribution >= 4 is 22.4 Å². The number of hydrogen-bond acceptors (Lipinski definition) is 4. The summed E-state index contributed by atoms with van der Waals surface area (Å²) in [5.74, 6) is 0.0204. The van der Waals surface area contributed by atoms with Crippen molar-refractivity contribution in [3.8, 4) is 0 Å². The first-order chi connectivity index (χ1) is 11.6. The molecule has 1 N–H and O–H groups in total. The van der Waals surface area contributed by atoms with E-state index in [0.29, 0.717) is 23.2 Å². The van der Waals surface area contributed by atoms with Crippen LogP contribution in [0, 0.1) is 5.92 Å². The molecule has 1 aliphatic carbocycles. The van der Waals surface area contributed by atoms with Crippen LogP contribution in [0.5, 0.6) is 0 Å². The van der Waals surface area contributed by atoms with E-state index in [-0.39, 0.29) is 17.2 Å². The first kappa shape index (κ1) is 16.4. The number of aryl methyl sites for hydroxylation is 1. The molecule has 1 unspecified atom stereocenters. The minimum atomic E-state index is -0.376. The van der Waals surface area contributed by atoms with Crippen LogP contribution in [0.4, 0.5) is 0 Å². The molecule has 0 aliphatic heterocycles. The van der Waals surface area contributed by atoms with E-state index >= 15 is 0 Å². The molecule has 24 heavy (non-hydrogen) atoms. The molecule has 6 heteroatoms. The second-order valence-electron chi connectivity index (χ2n) is 6.21. The third kappa shape index (κ3) is 3.09. The number of hydrazone groups is 1. The smallest absolute Gasteiger partial charge is 0.267 e. The number of benzene rings is 1. The van der Waals surface area contributed by atoms with Crippen LogP contribution in [0.15, 0.2) is 34.2 Å². The Kier molecular flexibility index (Phi) is 4.74. The zero-order chi connectivity index (χ0) is 17.1. The highest BCUT2D eigenvalue weighted by atomic mass is 16.2. The summed E-state index contributed by atoms with van der Waals surface area (Å²) in [4.78, 5) is 24.9. The maximum Gasteiger partial charge on any atom is 0.292 e. The number of rotatable bonds is 3. The van der Waals surface area contributed by atoms with Crippen molar-refractivity contribution in [2.45, 2.75) is 46.1 Å². The largest absolute Gasteiger partial charge is 0.292 e. The molecular formula is C18H22N4O2. The molecule has 1 aromatic carbocycles. The molecule has 1 heterocycles. The molecule has 1 fully saturated rings. The lowest BCUT2D eigenvalue weighted by atomic mass is 9.89. The van der Waals surface area contributed by atoms with E-state index in [0.717, 1.165) is 25.0 Å². The van der Waals surface area contributed by atoms with Crippen LogP contribution < -0.4 is 11.0 Å². The van der Waals surface area contributed by atoms with Crippen LogP contribution in [0.2, 0.25) is 0 Å². The van der Waals surface area contributed by atoms with Gasteiger partial charge in [0.1, 0.15) is 0 Å². The summed E-state index contributed by atoms with van der Waals surface area (Å²) in [6.45, 7) is 4.37. The normalized spacial score (nSPS) is 19.6. The fourth-order valence-corrected chi connectivity index (χ4v) is 3.13. The van der Waals surface area contributed by atoms with Gasteiger partial charge >= 0.3 is 0 Å². The zero-order valence-corrected chi connectivity index (χ0v) is 14.1. The molecule has 1 saturated carbocycles. The summed E-state index contributed by atoms with van der Waals surface area (Å²) in [6.07, 6.45) is 4.35. The second kappa shape index (κ2) is 6.95. The van der Waals surface area contributed by atoms with Crippen LogP contribution in [-0.2, 0) is 6.54 Å². The van der Waals surface area contributed by atoms with Gasteiger partial charge in [-0.3, -0.25) is 9.59 Å². The van der Waals surface area contributed by atoms with E-state index in [9.17, 15) is 9.59 Å². The Hall–Kier alpha value is -2.50. The Morgan fingerprint density at radius 1 is 1.33 bits per heavy atom. The van der Waals surface area contributed by atoms with Crippen LogP contribution in [0.3, 0.4) is 0 Å². The van der Waals surface area contributed by atoms with Gasteiger partial charge in [0.05, 0.1) is 5.39 Å². The number of hydrogen-bond donors (Lipinski definition) is 1. The fourth-order valence-electron chi connectivity index (χ4n) is 3.13. The third-order valence-corrected chi connectivity index (χ3v) is 4.57. The number of fused-ring (bicyclic) bond motifs is 1. The van der Waals surface area contributed by atoms with E-state index in [1.807, 2.05) is 6.92 Å². The highest BCUT2D eigenvalue weighted by Crippen LogP contribution is 2.21. The van der Waals surface area contributed by atoms with Gasteiger partial charge in [0.15, 0.2) is 5.69 Å². The van der Waals surface area contributed by atoms with Crippen molar-refractivity contribution in [3.05, 3.63) is 40.3 Å².